The molecule has 1 saturated heterocycles. The zero-order chi connectivity index (χ0) is 17.1. The molecule has 0 unspecified atom stereocenters. The van der Waals surface area contributed by atoms with E-state index in [-0.39, 0.29) is 6.29 Å². The molecule has 3 heterocycles. The minimum Gasteiger partial charge on any atom is -0.346 e. The number of pyridine rings is 1. The van der Waals surface area contributed by atoms with E-state index < -0.39 is 0 Å². The standard InChI is InChI=1S/C19H16ClN3O2/c20-17-5-4-15(12-22-17)16-6-7-21-18(23-16)11-13-2-1-3-14(10-13)19-24-8-9-25-19/h1-7,10,12,19H,8-9,11H2. The molecule has 1 aromatic carbocycles. The van der Waals surface area contributed by atoms with Crippen molar-refractivity contribution in [2.45, 2.75) is 12.7 Å². The fourth-order valence-corrected chi connectivity index (χ4v) is 2.87. The molecule has 1 aliphatic heterocycles. The smallest absolute Gasteiger partial charge is 0.184 e. The van der Waals surface area contributed by atoms with Gasteiger partial charge in [-0.05, 0) is 23.8 Å². The van der Waals surface area contributed by atoms with Gasteiger partial charge < -0.3 is 9.47 Å². The number of halogens is 1. The summed E-state index contributed by atoms with van der Waals surface area (Å²) in [4.78, 5) is 13.1. The van der Waals surface area contributed by atoms with Crippen LogP contribution in [0.2, 0.25) is 5.15 Å². The third-order valence-corrected chi connectivity index (χ3v) is 4.16. The molecule has 25 heavy (non-hydrogen) atoms. The van der Waals surface area contributed by atoms with Gasteiger partial charge >= 0.3 is 0 Å². The average molecular weight is 354 g/mol. The molecule has 4 rings (SSSR count). The second kappa shape index (κ2) is 7.27. The highest BCUT2D eigenvalue weighted by Gasteiger charge is 2.18. The SMILES string of the molecule is Clc1ccc(-c2ccnc(Cc3cccc(C4OCCO4)c3)n2)cn1. The Hall–Kier alpha value is -2.34. The average Bonchev–Trinajstić information content (AvgIpc) is 3.18. The van der Waals surface area contributed by atoms with Gasteiger partial charge in [0.2, 0.25) is 0 Å². The van der Waals surface area contributed by atoms with Crippen LogP contribution in [0, 0.1) is 0 Å². The number of benzene rings is 1. The maximum Gasteiger partial charge on any atom is 0.184 e. The number of ether oxygens (including phenoxy) is 2. The van der Waals surface area contributed by atoms with Crippen molar-refractivity contribution >= 4 is 11.6 Å². The zero-order valence-electron chi connectivity index (χ0n) is 13.4. The summed E-state index contributed by atoms with van der Waals surface area (Å²) in [5.41, 5.74) is 3.87. The molecule has 0 saturated carbocycles. The van der Waals surface area contributed by atoms with Crippen molar-refractivity contribution in [3.8, 4) is 11.3 Å². The van der Waals surface area contributed by atoms with Gasteiger partial charge in [-0.3, -0.25) is 0 Å². The summed E-state index contributed by atoms with van der Waals surface area (Å²) in [6.45, 7) is 1.27. The molecule has 3 aromatic rings. The molecule has 126 valence electrons. The largest absolute Gasteiger partial charge is 0.346 e. The van der Waals surface area contributed by atoms with Crippen molar-refractivity contribution in [1.82, 2.24) is 15.0 Å². The summed E-state index contributed by atoms with van der Waals surface area (Å²) in [6.07, 6.45) is 3.84. The number of rotatable bonds is 4. The summed E-state index contributed by atoms with van der Waals surface area (Å²) in [5.74, 6) is 0.748. The maximum absolute atomic E-state index is 5.84. The van der Waals surface area contributed by atoms with Gasteiger partial charge in [-0.2, -0.15) is 0 Å². The summed E-state index contributed by atoms with van der Waals surface area (Å²) < 4.78 is 11.1. The summed E-state index contributed by atoms with van der Waals surface area (Å²) in [5, 5.41) is 0.464. The lowest BCUT2D eigenvalue weighted by atomic mass is 10.1. The summed E-state index contributed by atoms with van der Waals surface area (Å²) >= 11 is 5.84. The number of hydrogen-bond donors (Lipinski definition) is 0. The Kier molecular flexibility index (Phi) is 4.70. The van der Waals surface area contributed by atoms with E-state index in [4.69, 9.17) is 21.1 Å². The van der Waals surface area contributed by atoms with Crippen LogP contribution in [-0.4, -0.2) is 28.2 Å². The maximum atomic E-state index is 5.84. The third kappa shape index (κ3) is 3.85. The van der Waals surface area contributed by atoms with E-state index >= 15 is 0 Å². The van der Waals surface area contributed by atoms with Gasteiger partial charge in [0.1, 0.15) is 11.0 Å². The Morgan fingerprint density at radius 1 is 1.04 bits per heavy atom. The van der Waals surface area contributed by atoms with Crippen LogP contribution < -0.4 is 0 Å². The highest BCUT2D eigenvalue weighted by atomic mass is 35.5. The molecule has 1 fully saturated rings. The Morgan fingerprint density at radius 2 is 1.92 bits per heavy atom. The van der Waals surface area contributed by atoms with E-state index in [1.54, 1.807) is 18.5 Å². The van der Waals surface area contributed by atoms with Crippen LogP contribution in [0.15, 0.2) is 54.9 Å². The van der Waals surface area contributed by atoms with Crippen molar-refractivity contribution in [2.24, 2.45) is 0 Å². The molecule has 0 N–H and O–H groups in total. The Morgan fingerprint density at radius 3 is 2.72 bits per heavy atom. The van der Waals surface area contributed by atoms with Gasteiger partial charge in [0, 0.05) is 29.9 Å². The first-order valence-corrected chi connectivity index (χ1v) is 8.42. The molecule has 0 amide bonds. The molecule has 2 aromatic heterocycles. The van der Waals surface area contributed by atoms with Crippen LogP contribution in [0.4, 0.5) is 0 Å². The highest BCUT2D eigenvalue weighted by Crippen LogP contribution is 2.24. The quantitative estimate of drug-likeness (QED) is 0.667. The molecular weight excluding hydrogens is 338 g/mol. The molecule has 5 nitrogen and oxygen atoms in total. The van der Waals surface area contributed by atoms with Crippen LogP contribution in [0.3, 0.4) is 0 Å². The van der Waals surface area contributed by atoms with Crippen molar-refractivity contribution < 1.29 is 9.47 Å². The first-order valence-electron chi connectivity index (χ1n) is 8.04. The first-order chi connectivity index (χ1) is 12.3. The predicted molar refractivity (Wildman–Crippen MR) is 94.2 cm³/mol. The van der Waals surface area contributed by atoms with Gasteiger partial charge in [0.05, 0.1) is 18.9 Å². The van der Waals surface area contributed by atoms with Crippen LogP contribution >= 0.6 is 11.6 Å². The molecule has 6 heteroatoms. The first kappa shape index (κ1) is 16.1. The van der Waals surface area contributed by atoms with Gasteiger partial charge in [0.15, 0.2) is 6.29 Å². The Labute approximate surface area is 150 Å². The lowest BCUT2D eigenvalue weighted by Gasteiger charge is -2.11. The van der Waals surface area contributed by atoms with Gasteiger partial charge in [-0.1, -0.05) is 35.9 Å². The molecule has 1 aliphatic rings. The fourth-order valence-electron chi connectivity index (χ4n) is 2.76. The van der Waals surface area contributed by atoms with E-state index in [1.807, 2.05) is 24.3 Å². The number of nitrogens with zero attached hydrogens (tertiary/aromatic N) is 3. The normalized spacial score (nSPS) is 14.8. The highest BCUT2D eigenvalue weighted by molar-refractivity contribution is 6.29. The van der Waals surface area contributed by atoms with E-state index in [0.717, 1.165) is 28.2 Å². The Bertz CT molecular complexity index is 865. The summed E-state index contributed by atoms with van der Waals surface area (Å²) in [6, 6.07) is 13.7. The Balaban J connectivity index is 1.56. The number of aromatic nitrogens is 3. The molecule has 0 atom stereocenters. The van der Waals surface area contributed by atoms with Crippen LogP contribution in [-0.2, 0) is 15.9 Å². The molecular formula is C19H16ClN3O2. The van der Waals surface area contributed by atoms with E-state index in [9.17, 15) is 0 Å². The van der Waals surface area contributed by atoms with Crippen molar-refractivity contribution in [1.29, 1.82) is 0 Å². The van der Waals surface area contributed by atoms with Crippen molar-refractivity contribution in [3.05, 3.63) is 77.0 Å². The van der Waals surface area contributed by atoms with Gasteiger partial charge in [-0.25, -0.2) is 15.0 Å². The van der Waals surface area contributed by atoms with Crippen molar-refractivity contribution in [3.63, 3.8) is 0 Å². The van der Waals surface area contributed by atoms with E-state index in [2.05, 4.69) is 27.1 Å². The van der Waals surface area contributed by atoms with E-state index in [0.29, 0.717) is 24.8 Å². The predicted octanol–water partition coefficient (Wildman–Crippen LogP) is 3.83. The van der Waals surface area contributed by atoms with Gasteiger partial charge in [0.25, 0.3) is 0 Å². The molecule has 0 bridgehead atoms. The monoisotopic (exact) mass is 353 g/mol. The third-order valence-electron chi connectivity index (χ3n) is 3.94. The second-order valence-electron chi connectivity index (χ2n) is 5.72. The van der Waals surface area contributed by atoms with Crippen molar-refractivity contribution in [2.75, 3.05) is 13.2 Å². The van der Waals surface area contributed by atoms with Crippen LogP contribution in [0.5, 0.6) is 0 Å². The van der Waals surface area contributed by atoms with Gasteiger partial charge in [-0.15, -0.1) is 0 Å². The molecule has 0 radical (unpaired) electrons. The topological polar surface area (TPSA) is 57.1 Å². The number of hydrogen-bond acceptors (Lipinski definition) is 5. The lowest BCUT2D eigenvalue weighted by Crippen LogP contribution is -2.01. The fraction of sp³-hybridized carbons (Fsp3) is 0.211. The minimum absolute atomic E-state index is 0.271. The van der Waals surface area contributed by atoms with Crippen LogP contribution in [0.1, 0.15) is 23.2 Å². The summed E-state index contributed by atoms with van der Waals surface area (Å²) in [7, 11) is 0. The van der Waals surface area contributed by atoms with Crippen LogP contribution in [0.25, 0.3) is 11.3 Å². The molecule has 0 spiro atoms. The minimum atomic E-state index is -0.271. The lowest BCUT2D eigenvalue weighted by molar-refractivity contribution is -0.0441. The zero-order valence-corrected chi connectivity index (χ0v) is 14.2. The van der Waals surface area contributed by atoms with E-state index in [1.165, 1.54) is 0 Å². The second-order valence-corrected chi connectivity index (χ2v) is 6.11. The molecule has 0 aliphatic carbocycles.